The van der Waals surface area contributed by atoms with Crippen LogP contribution in [0.3, 0.4) is 0 Å². The molecule has 0 aromatic heterocycles. The van der Waals surface area contributed by atoms with Gasteiger partial charge in [0.05, 0.1) is 0 Å². The van der Waals surface area contributed by atoms with Crippen molar-refractivity contribution >= 4 is 5.96 Å². The van der Waals surface area contributed by atoms with Crippen molar-refractivity contribution in [2.24, 2.45) is 10.4 Å². The lowest BCUT2D eigenvalue weighted by Crippen LogP contribution is -2.47. The van der Waals surface area contributed by atoms with Gasteiger partial charge < -0.3 is 10.6 Å². The maximum Gasteiger partial charge on any atom is 0.191 e. The molecule has 0 spiro atoms. The molecule has 0 saturated carbocycles. The first-order chi connectivity index (χ1) is 7.64. The van der Waals surface area contributed by atoms with E-state index in [9.17, 15) is 0 Å². The van der Waals surface area contributed by atoms with E-state index in [1.807, 2.05) is 0 Å². The number of hydrogen-bond acceptors (Lipinski definition) is 1. The molecule has 0 radical (unpaired) electrons. The highest BCUT2D eigenvalue weighted by Gasteiger charge is 2.12. The average Bonchev–Trinajstić information content (AvgIpc) is 2.08. The summed E-state index contributed by atoms with van der Waals surface area (Å²) in [6, 6.07) is 0. The Morgan fingerprint density at radius 3 is 2.06 bits per heavy atom. The lowest BCUT2D eigenvalue weighted by molar-refractivity contribution is 0.368. The molecule has 0 aliphatic carbocycles. The smallest absolute Gasteiger partial charge is 0.191 e. The highest BCUT2D eigenvalue weighted by atomic mass is 15.2. The number of rotatable bonds is 4. The summed E-state index contributed by atoms with van der Waals surface area (Å²) >= 11 is 0. The Kier molecular flexibility index (Phi) is 6.58. The zero-order valence-corrected chi connectivity index (χ0v) is 12.8. The summed E-state index contributed by atoms with van der Waals surface area (Å²) in [5, 5.41) is 6.67. The Labute approximate surface area is 107 Å². The van der Waals surface area contributed by atoms with Crippen LogP contribution in [0, 0.1) is 5.41 Å². The van der Waals surface area contributed by atoms with E-state index in [1.165, 1.54) is 6.42 Å². The van der Waals surface area contributed by atoms with Crippen LogP contribution in [0.15, 0.2) is 4.99 Å². The van der Waals surface area contributed by atoms with E-state index >= 15 is 0 Å². The molecule has 0 unspecified atom stereocenters. The van der Waals surface area contributed by atoms with Crippen molar-refractivity contribution in [3.05, 3.63) is 0 Å². The Bertz CT molecular complexity index is 231. The molecule has 0 heterocycles. The zero-order valence-electron chi connectivity index (χ0n) is 12.8. The molecule has 0 aliphatic heterocycles. The van der Waals surface area contributed by atoms with Crippen molar-refractivity contribution in [3.8, 4) is 0 Å². The van der Waals surface area contributed by atoms with Crippen LogP contribution in [0.2, 0.25) is 0 Å². The van der Waals surface area contributed by atoms with Crippen molar-refractivity contribution < 1.29 is 0 Å². The van der Waals surface area contributed by atoms with Crippen LogP contribution in [0.25, 0.3) is 0 Å². The summed E-state index contributed by atoms with van der Waals surface area (Å²) in [4.78, 5) is 4.60. The molecule has 3 nitrogen and oxygen atoms in total. The molecule has 17 heavy (non-hydrogen) atoms. The third-order valence-electron chi connectivity index (χ3n) is 2.19. The third-order valence-corrected chi connectivity index (χ3v) is 2.19. The molecule has 0 atom stereocenters. The zero-order chi connectivity index (χ0) is 13.5. The van der Waals surface area contributed by atoms with Crippen LogP contribution in [-0.4, -0.2) is 24.6 Å². The lowest BCUT2D eigenvalue weighted by atomic mass is 9.91. The number of hydrogen-bond donors (Lipinski definition) is 2. The fraction of sp³-hybridized carbons (Fsp3) is 0.929. The largest absolute Gasteiger partial charge is 0.357 e. The van der Waals surface area contributed by atoms with E-state index in [-0.39, 0.29) is 5.54 Å². The first-order valence-electron chi connectivity index (χ1n) is 6.70. The van der Waals surface area contributed by atoms with E-state index in [1.54, 1.807) is 0 Å². The molecule has 0 saturated heterocycles. The maximum absolute atomic E-state index is 4.60. The number of nitrogens with one attached hydrogen (secondary N) is 2. The maximum atomic E-state index is 4.60. The highest BCUT2D eigenvalue weighted by Crippen LogP contribution is 2.20. The van der Waals surface area contributed by atoms with Crippen LogP contribution in [0.4, 0.5) is 0 Å². The Balaban J connectivity index is 4.13. The van der Waals surface area contributed by atoms with Gasteiger partial charge in [0.2, 0.25) is 0 Å². The molecule has 0 aromatic carbocycles. The molecule has 0 amide bonds. The molecule has 102 valence electrons. The molecule has 0 bridgehead atoms. The first kappa shape index (κ1) is 16.3. The molecule has 0 aliphatic rings. The summed E-state index contributed by atoms with van der Waals surface area (Å²) in [6.45, 7) is 17.2. The normalized spacial score (nSPS) is 13.7. The molecule has 0 rings (SSSR count). The first-order valence-corrected chi connectivity index (χ1v) is 6.70. The van der Waals surface area contributed by atoms with Crippen LogP contribution >= 0.6 is 0 Å². The second kappa shape index (κ2) is 6.87. The van der Waals surface area contributed by atoms with Crippen LogP contribution < -0.4 is 10.6 Å². The summed E-state index contributed by atoms with van der Waals surface area (Å²) in [7, 11) is 0. The van der Waals surface area contributed by atoms with Gasteiger partial charge in [-0.3, -0.25) is 4.99 Å². The lowest BCUT2D eigenvalue weighted by Gasteiger charge is -2.24. The van der Waals surface area contributed by atoms with E-state index in [4.69, 9.17) is 0 Å². The van der Waals surface area contributed by atoms with Crippen molar-refractivity contribution in [3.63, 3.8) is 0 Å². The summed E-state index contributed by atoms with van der Waals surface area (Å²) in [5.41, 5.74) is 0.469. The molecule has 2 N–H and O–H groups in total. The summed E-state index contributed by atoms with van der Waals surface area (Å²) in [6.07, 6.45) is 2.36. The monoisotopic (exact) mass is 241 g/mol. The van der Waals surface area contributed by atoms with Gasteiger partial charge in [0, 0.05) is 18.6 Å². The minimum atomic E-state index is 0.0605. The average molecular weight is 241 g/mol. The third kappa shape index (κ3) is 11.5. The number of aliphatic imine (C=N–C) groups is 1. The second-order valence-corrected chi connectivity index (χ2v) is 6.80. The fourth-order valence-corrected chi connectivity index (χ4v) is 1.46. The van der Waals surface area contributed by atoms with Gasteiger partial charge in [0.1, 0.15) is 0 Å². The van der Waals surface area contributed by atoms with Gasteiger partial charge >= 0.3 is 0 Å². The Morgan fingerprint density at radius 2 is 1.65 bits per heavy atom. The van der Waals surface area contributed by atoms with Gasteiger partial charge in [-0.15, -0.1) is 0 Å². The SMILES string of the molecule is CCNC(=NCCCC(C)(C)C)NC(C)(C)C. The van der Waals surface area contributed by atoms with Crippen molar-refractivity contribution in [1.82, 2.24) is 10.6 Å². The minimum absolute atomic E-state index is 0.0605. The standard InChI is InChI=1S/C14H31N3/c1-8-15-12(17-14(5,6)7)16-11-9-10-13(2,3)4/h8-11H2,1-7H3,(H2,15,16,17). The van der Waals surface area contributed by atoms with Crippen molar-refractivity contribution in [2.45, 2.75) is 66.8 Å². The van der Waals surface area contributed by atoms with Crippen LogP contribution in [0.5, 0.6) is 0 Å². The topological polar surface area (TPSA) is 36.4 Å². The molecule has 3 heteroatoms. The Hall–Kier alpha value is -0.730. The minimum Gasteiger partial charge on any atom is -0.357 e. The van der Waals surface area contributed by atoms with E-state index in [0.717, 1.165) is 25.5 Å². The van der Waals surface area contributed by atoms with Gasteiger partial charge in [-0.25, -0.2) is 0 Å². The van der Waals surface area contributed by atoms with E-state index in [0.29, 0.717) is 5.41 Å². The van der Waals surface area contributed by atoms with Gasteiger partial charge in [-0.2, -0.15) is 0 Å². The highest BCUT2D eigenvalue weighted by molar-refractivity contribution is 5.80. The predicted molar refractivity (Wildman–Crippen MR) is 77.6 cm³/mol. The molecular weight excluding hydrogens is 210 g/mol. The summed E-state index contributed by atoms with van der Waals surface area (Å²) in [5.74, 6) is 0.925. The van der Waals surface area contributed by atoms with Gasteiger partial charge in [-0.1, -0.05) is 20.8 Å². The van der Waals surface area contributed by atoms with Crippen LogP contribution in [-0.2, 0) is 0 Å². The Morgan fingerprint density at radius 1 is 1.06 bits per heavy atom. The van der Waals surface area contributed by atoms with Gasteiger partial charge in [0.25, 0.3) is 0 Å². The predicted octanol–water partition coefficient (Wildman–Crippen LogP) is 3.17. The molecular formula is C14H31N3. The van der Waals surface area contributed by atoms with E-state index < -0.39 is 0 Å². The summed E-state index contributed by atoms with van der Waals surface area (Å²) < 4.78 is 0. The van der Waals surface area contributed by atoms with Gasteiger partial charge in [0.15, 0.2) is 5.96 Å². The van der Waals surface area contributed by atoms with Crippen molar-refractivity contribution in [1.29, 1.82) is 0 Å². The fourth-order valence-electron chi connectivity index (χ4n) is 1.46. The van der Waals surface area contributed by atoms with E-state index in [2.05, 4.69) is 64.1 Å². The molecule has 0 aromatic rings. The quantitative estimate of drug-likeness (QED) is 0.450. The number of nitrogens with zero attached hydrogens (tertiary/aromatic N) is 1. The van der Waals surface area contributed by atoms with Gasteiger partial charge in [-0.05, 0) is 46.0 Å². The second-order valence-electron chi connectivity index (χ2n) is 6.80. The molecule has 0 fully saturated rings. The van der Waals surface area contributed by atoms with Crippen LogP contribution in [0.1, 0.15) is 61.3 Å². The van der Waals surface area contributed by atoms with Crippen molar-refractivity contribution in [2.75, 3.05) is 13.1 Å². The number of guanidine groups is 1.